The fraction of sp³-hybridized carbons (Fsp3) is 0.500. The average Bonchev–Trinajstić information content (AvgIpc) is 2.37. The van der Waals surface area contributed by atoms with Crippen LogP contribution in [0.5, 0.6) is 0 Å². The number of rotatable bonds is 6. The highest BCUT2D eigenvalue weighted by atomic mass is 32.2. The van der Waals surface area contributed by atoms with E-state index in [9.17, 15) is 21.6 Å². The topological polar surface area (TPSA) is 58.6 Å². The van der Waals surface area contributed by atoms with Crippen LogP contribution in [0.2, 0.25) is 0 Å². The number of ether oxygens (including phenoxy) is 1. The molecule has 1 rings (SSSR count). The van der Waals surface area contributed by atoms with E-state index in [1.54, 1.807) is 0 Å². The third-order valence-corrected chi connectivity index (χ3v) is 4.27. The van der Waals surface area contributed by atoms with E-state index in [0.29, 0.717) is 0 Å². The minimum Gasteiger partial charge on any atom is -0.383 e. The fourth-order valence-corrected chi connectivity index (χ4v) is 2.36. The van der Waals surface area contributed by atoms with Crippen molar-refractivity contribution in [2.24, 2.45) is 0 Å². The molecule has 0 aliphatic carbocycles. The molecule has 1 N–H and O–H groups in total. The van der Waals surface area contributed by atoms with Crippen LogP contribution >= 0.6 is 0 Å². The van der Waals surface area contributed by atoms with E-state index in [2.05, 4.69) is 4.72 Å². The summed E-state index contributed by atoms with van der Waals surface area (Å²) in [6.45, 7) is -0.0889. The van der Waals surface area contributed by atoms with Gasteiger partial charge in [0.2, 0.25) is 0 Å². The Morgan fingerprint density at radius 2 is 1.95 bits per heavy atom. The molecule has 0 aliphatic rings. The number of nitrogens with zero attached hydrogens (tertiary/aromatic N) is 1. The Bertz CT molecular complexity index is 573. The normalized spacial score (nSPS) is 14.4. The summed E-state index contributed by atoms with van der Waals surface area (Å²) in [6, 6.07) is 3.56. The molecule has 1 aromatic rings. The van der Waals surface area contributed by atoms with E-state index in [1.807, 2.05) is 0 Å². The smallest absolute Gasteiger partial charge is 0.383 e. The van der Waals surface area contributed by atoms with Gasteiger partial charge >= 0.3 is 6.18 Å². The van der Waals surface area contributed by atoms with Crippen molar-refractivity contribution in [2.75, 3.05) is 27.8 Å². The number of alkyl halides is 3. The van der Waals surface area contributed by atoms with Gasteiger partial charge in [0.1, 0.15) is 0 Å². The van der Waals surface area contributed by atoms with E-state index >= 15 is 0 Å². The summed E-state index contributed by atoms with van der Waals surface area (Å²) >= 11 is 0. The van der Waals surface area contributed by atoms with Crippen molar-refractivity contribution in [3.63, 3.8) is 0 Å². The second kappa shape index (κ2) is 6.73. The third-order valence-electron chi connectivity index (χ3n) is 2.72. The van der Waals surface area contributed by atoms with Gasteiger partial charge in [-0.15, -0.1) is 0 Å². The van der Waals surface area contributed by atoms with Crippen molar-refractivity contribution in [2.45, 2.75) is 12.2 Å². The molecular formula is C12H17F3N2O3S. The van der Waals surface area contributed by atoms with Crippen molar-refractivity contribution in [1.82, 2.24) is 9.03 Å². The maximum absolute atomic E-state index is 12.7. The Morgan fingerprint density at radius 1 is 1.33 bits per heavy atom. The van der Waals surface area contributed by atoms with Crippen molar-refractivity contribution in [3.8, 4) is 0 Å². The summed E-state index contributed by atoms with van der Waals surface area (Å²) in [7, 11) is 0.179. The molecule has 0 aromatic heterocycles. The minimum absolute atomic E-state index is 0.0889. The van der Waals surface area contributed by atoms with Crippen LogP contribution in [0.15, 0.2) is 24.3 Å². The largest absolute Gasteiger partial charge is 0.416 e. The van der Waals surface area contributed by atoms with Crippen LogP contribution in [0.4, 0.5) is 13.2 Å². The lowest BCUT2D eigenvalue weighted by Gasteiger charge is -2.21. The summed E-state index contributed by atoms with van der Waals surface area (Å²) < 4.78 is 69.8. The van der Waals surface area contributed by atoms with Gasteiger partial charge in [0.25, 0.3) is 10.2 Å². The van der Waals surface area contributed by atoms with Gasteiger partial charge in [-0.25, -0.2) is 0 Å². The van der Waals surface area contributed by atoms with Gasteiger partial charge in [-0.2, -0.15) is 30.6 Å². The monoisotopic (exact) mass is 326 g/mol. The summed E-state index contributed by atoms with van der Waals surface area (Å²) in [5.41, 5.74) is -0.665. The van der Waals surface area contributed by atoms with Crippen LogP contribution in [0.1, 0.15) is 17.2 Å². The third kappa shape index (κ3) is 4.95. The van der Waals surface area contributed by atoms with E-state index in [0.717, 1.165) is 16.4 Å². The number of hydrogen-bond acceptors (Lipinski definition) is 3. The highest BCUT2D eigenvalue weighted by molar-refractivity contribution is 7.87. The molecule has 1 unspecified atom stereocenters. The maximum Gasteiger partial charge on any atom is 0.416 e. The van der Waals surface area contributed by atoms with Gasteiger partial charge in [0.05, 0.1) is 18.2 Å². The highest BCUT2D eigenvalue weighted by Gasteiger charge is 2.31. The van der Waals surface area contributed by atoms with E-state index < -0.39 is 28.0 Å². The molecule has 5 nitrogen and oxygen atoms in total. The summed E-state index contributed by atoms with van der Waals surface area (Å²) in [4.78, 5) is 0. The first-order valence-electron chi connectivity index (χ1n) is 5.94. The lowest BCUT2D eigenvalue weighted by Crippen LogP contribution is -2.39. The molecule has 0 saturated carbocycles. The molecule has 1 aromatic carbocycles. The first-order valence-corrected chi connectivity index (χ1v) is 7.38. The first-order chi connectivity index (χ1) is 9.58. The molecule has 0 bridgehead atoms. The highest BCUT2D eigenvalue weighted by Crippen LogP contribution is 2.31. The van der Waals surface area contributed by atoms with Crippen molar-refractivity contribution in [3.05, 3.63) is 35.4 Å². The predicted molar refractivity (Wildman–Crippen MR) is 71.8 cm³/mol. The minimum atomic E-state index is -4.49. The van der Waals surface area contributed by atoms with Gasteiger partial charge in [-0.3, -0.25) is 0 Å². The Hall–Kier alpha value is -1.16. The molecule has 0 saturated heterocycles. The van der Waals surface area contributed by atoms with Crippen molar-refractivity contribution in [1.29, 1.82) is 0 Å². The van der Waals surface area contributed by atoms with E-state index in [4.69, 9.17) is 4.74 Å². The van der Waals surface area contributed by atoms with Gasteiger partial charge in [0.15, 0.2) is 0 Å². The van der Waals surface area contributed by atoms with Crippen LogP contribution in [0.25, 0.3) is 0 Å². The molecule has 120 valence electrons. The van der Waals surface area contributed by atoms with Gasteiger partial charge in [-0.05, 0) is 17.7 Å². The average molecular weight is 326 g/mol. The van der Waals surface area contributed by atoms with Crippen LogP contribution < -0.4 is 4.72 Å². The number of nitrogens with one attached hydrogen (secondary N) is 1. The Kier molecular flexibility index (Phi) is 5.74. The lowest BCUT2D eigenvalue weighted by molar-refractivity contribution is -0.137. The van der Waals surface area contributed by atoms with Crippen molar-refractivity contribution < 1.29 is 26.3 Å². The Balaban J connectivity index is 3.12. The molecule has 0 fully saturated rings. The van der Waals surface area contributed by atoms with Crippen molar-refractivity contribution >= 4 is 10.2 Å². The molecule has 0 spiro atoms. The fourth-order valence-electron chi connectivity index (χ4n) is 1.58. The lowest BCUT2D eigenvalue weighted by atomic mass is 10.0. The summed E-state index contributed by atoms with van der Waals surface area (Å²) in [5.74, 6) is 0. The Morgan fingerprint density at radius 3 is 2.43 bits per heavy atom. The summed E-state index contributed by atoms with van der Waals surface area (Å²) in [6.07, 6.45) is -4.49. The molecule has 21 heavy (non-hydrogen) atoms. The second-order valence-corrected chi connectivity index (χ2v) is 6.45. The molecule has 0 amide bonds. The Labute approximate surface area is 121 Å². The van der Waals surface area contributed by atoms with Crippen LogP contribution in [0.3, 0.4) is 0 Å². The molecule has 0 heterocycles. The van der Waals surface area contributed by atoms with Gasteiger partial charge in [-0.1, -0.05) is 12.1 Å². The van der Waals surface area contributed by atoms with E-state index in [-0.39, 0.29) is 12.2 Å². The maximum atomic E-state index is 12.7. The van der Waals surface area contributed by atoms with Crippen LogP contribution in [0, 0.1) is 0 Å². The zero-order chi connectivity index (χ0) is 16.3. The molecule has 0 radical (unpaired) electrons. The number of benzene rings is 1. The molecule has 1 atom stereocenters. The first kappa shape index (κ1) is 17.9. The zero-order valence-corrected chi connectivity index (χ0v) is 12.6. The number of hydrogen-bond donors (Lipinski definition) is 1. The standard InChI is InChI=1S/C12H17F3N2O3S/c1-17(2)21(18,19)16-11(8-20-3)9-5-4-6-10(7-9)12(13,14)15/h4-7,11,16H,8H2,1-3H3. The zero-order valence-electron chi connectivity index (χ0n) is 11.8. The quantitative estimate of drug-likeness (QED) is 0.867. The van der Waals surface area contributed by atoms with E-state index in [1.165, 1.54) is 33.3 Å². The van der Waals surface area contributed by atoms with Gasteiger partial charge < -0.3 is 4.74 Å². The van der Waals surface area contributed by atoms with Crippen LogP contribution in [-0.4, -0.2) is 40.5 Å². The summed E-state index contributed by atoms with van der Waals surface area (Å²) in [5, 5.41) is 0. The predicted octanol–water partition coefficient (Wildman–Crippen LogP) is 1.79. The van der Waals surface area contributed by atoms with Crippen LogP contribution in [-0.2, 0) is 21.1 Å². The molecule has 9 heteroatoms. The molecular weight excluding hydrogens is 309 g/mol. The SMILES string of the molecule is COCC(NS(=O)(=O)N(C)C)c1cccc(C(F)(F)F)c1. The second-order valence-electron chi connectivity index (χ2n) is 4.54. The number of halogens is 3. The molecule has 0 aliphatic heterocycles. The number of methoxy groups -OCH3 is 1. The van der Waals surface area contributed by atoms with Gasteiger partial charge in [0, 0.05) is 21.2 Å².